The van der Waals surface area contributed by atoms with Crippen molar-refractivity contribution in [1.29, 1.82) is 0 Å². The van der Waals surface area contributed by atoms with Gasteiger partial charge in [0, 0.05) is 32.7 Å². The lowest BCUT2D eigenvalue weighted by molar-refractivity contribution is -0.119. The number of β-amino-alcohol motifs (C(OH)–C–C–N with tert-alkyl or cyclic N) is 1. The monoisotopic (exact) mass is 322 g/mol. The highest BCUT2D eigenvalue weighted by atomic mass is 35.5. The quantitative estimate of drug-likeness (QED) is 0.312. The highest BCUT2D eigenvalue weighted by Crippen LogP contribution is 2.07. The number of aliphatic hydroxyl groups excluding tert-OH is 5. The molecule has 0 spiro atoms. The molecule has 1 heterocycles. The molecule has 118 valence electrons. The van der Waals surface area contributed by atoms with Crippen LogP contribution >= 0.6 is 24.8 Å². The predicted molar refractivity (Wildman–Crippen MR) is 74.9 cm³/mol. The van der Waals surface area contributed by atoms with Crippen molar-refractivity contribution in [3.8, 4) is 0 Å². The Hall–Kier alpha value is 0.300. The van der Waals surface area contributed by atoms with Gasteiger partial charge in [0.25, 0.3) is 0 Å². The van der Waals surface area contributed by atoms with Crippen molar-refractivity contribution in [2.45, 2.75) is 24.4 Å². The zero-order valence-corrected chi connectivity index (χ0v) is 12.2. The van der Waals surface area contributed by atoms with Crippen LogP contribution in [0.1, 0.15) is 0 Å². The number of nitrogens with zero attached hydrogens (tertiary/aromatic N) is 1. The molecule has 1 rings (SSSR count). The largest absolute Gasteiger partial charge is 0.394 e. The van der Waals surface area contributed by atoms with Crippen molar-refractivity contribution in [3.05, 3.63) is 0 Å². The molecule has 0 bridgehead atoms. The third-order valence-corrected chi connectivity index (χ3v) is 2.98. The van der Waals surface area contributed by atoms with E-state index in [9.17, 15) is 15.3 Å². The van der Waals surface area contributed by atoms with E-state index in [0.29, 0.717) is 0 Å². The summed E-state index contributed by atoms with van der Waals surface area (Å²) in [4.78, 5) is 1.96. The molecular formula is C10H24Cl2N2O5. The highest BCUT2D eigenvalue weighted by Gasteiger charge is 2.31. The van der Waals surface area contributed by atoms with Gasteiger partial charge >= 0.3 is 0 Å². The molecule has 19 heavy (non-hydrogen) atoms. The van der Waals surface area contributed by atoms with Crippen LogP contribution in [-0.4, -0.2) is 94.2 Å². The summed E-state index contributed by atoms with van der Waals surface area (Å²) in [5, 5.41) is 49.7. The van der Waals surface area contributed by atoms with Crippen LogP contribution in [-0.2, 0) is 0 Å². The molecule has 6 N–H and O–H groups in total. The zero-order chi connectivity index (χ0) is 12.8. The molecule has 1 aliphatic heterocycles. The molecule has 0 aromatic heterocycles. The van der Waals surface area contributed by atoms with Crippen LogP contribution in [0.2, 0.25) is 0 Å². The molecule has 0 saturated carbocycles. The Labute approximate surface area is 125 Å². The summed E-state index contributed by atoms with van der Waals surface area (Å²) in [6.07, 6.45) is -5.60. The SMILES string of the molecule is Cl.Cl.OC[C@@H](O)[C@@H](O)[C@H](O)[C@@H](O)CN1CCNCC1. The second kappa shape index (κ2) is 11.0. The standard InChI is InChI=1S/C10H22N2O5.2ClH/c13-6-8(15)10(17)9(16)7(14)5-12-3-1-11-2-4-12;;/h7-11,13-17H,1-6H2;2*1H/t7-,8+,9+,10+;;/m0../s1. The summed E-state index contributed by atoms with van der Waals surface area (Å²) in [5.74, 6) is 0. The van der Waals surface area contributed by atoms with Crippen LogP contribution in [0.3, 0.4) is 0 Å². The molecule has 0 aromatic carbocycles. The molecule has 0 amide bonds. The number of aliphatic hydroxyl groups is 5. The van der Waals surface area contributed by atoms with Crippen molar-refractivity contribution >= 4 is 24.8 Å². The fraction of sp³-hybridized carbons (Fsp3) is 1.00. The molecule has 9 heteroatoms. The van der Waals surface area contributed by atoms with Crippen molar-refractivity contribution in [2.24, 2.45) is 0 Å². The molecule has 0 aliphatic carbocycles. The lowest BCUT2D eigenvalue weighted by Crippen LogP contribution is -2.52. The molecule has 0 radical (unpaired) electrons. The van der Waals surface area contributed by atoms with Gasteiger partial charge in [-0.05, 0) is 0 Å². The summed E-state index contributed by atoms with van der Waals surface area (Å²) in [5.41, 5.74) is 0. The Balaban J connectivity index is 0. The normalized spacial score (nSPS) is 22.6. The number of nitrogens with one attached hydrogen (secondary N) is 1. The molecule has 1 saturated heterocycles. The van der Waals surface area contributed by atoms with Crippen LogP contribution in [0.5, 0.6) is 0 Å². The maximum atomic E-state index is 9.72. The fourth-order valence-electron chi connectivity index (χ4n) is 1.83. The van der Waals surface area contributed by atoms with Gasteiger partial charge in [-0.15, -0.1) is 24.8 Å². The summed E-state index contributed by atoms with van der Waals surface area (Å²) in [7, 11) is 0. The topological polar surface area (TPSA) is 116 Å². The van der Waals surface area contributed by atoms with Crippen LogP contribution in [0.15, 0.2) is 0 Å². The van der Waals surface area contributed by atoms with Crippen molar-refractivity contribution in [3.63, 3.8) is 0 Å². The molecule has 1 fully saturated rings. The molecule has 1 aliphatic rings. The van der Waals surface area contributed by atoms with E-state index in [4.69, 9.17) is 10.2 Å². The molecular weight excluding hydrogens is 299 g/mol. The van der Waals surface area contributed by atoms with Crippen molar-refractivity contribution in [2.75, 3.05) is 39.3 Å². The van der Waals surface area contributed by atoms with Crippen molar-refractivity contribution < 1.29 is 25.5 Å². The Morgan fingerprint density at radius 2 is 1.37 bits per heavy atom. The van der Waals surface area contributed by atoms with Crippen molar-refractivity contribution in [1.82, 2.24) is 10.2 Å². The average Bonchev–Trinajstić information content (AvgIpc) is 2.37. The summed E-state index contributed by atoms with van der Waals surface area (Å²) < 4.78 is 0. The predicted octanol–water partition coefficient (Wildman–Crippen LogP) is -2.83. The zero-order valence-electron chi connectivity index (χ0n) is 10.6. The molecule has 0 aromatic rings. The Morgan fingerprint density at radius 3 is 1.84 bits per heavy atom. The first-order valence-electron chi connectivity index (χ1n) is 5.82. The Morgan fingerprint density at radius 1 is 0.895 bits per heavy atom. The van der Waals surface area contributed by atoms with E-state index in [1.165, 1.54) is 0 Å². The highest BCUT2D eigenvalue weighted by molar-refractivity contribution is 5.85. The van der Waals surface area contributed by atoms with Gasteiger partial charge in [0.1, 0.15) is 18.3 Å². The van der Waals surface area contributed by atoms with E-state index in [2.05, 4.69) is 5.32 Å². The summed E-state index contributed by atoms with van der Waals surface area (Å²) in [6.45, 7) is 2.76. The van der Waals surface area contributed by atoms with Gasteiger partial charge < -0.3 is 30.8 Å². The minimum absolute atomic E-state index is 0. The average molecular weight is 323 g/mol. The fourth-order valence-corrected chi connectivity index (χ4v) is 1.83. The van der Waals surface area contributed by atoms with E-state index in [1.807, 2.05) is 4.90 Å². The first kappa shape index (κ1) is 21.6. The number of halogens is 2. The maximum Gasteiger partial charge on any atom is 0.111 e. The van der Waals surface area contributed by atoms with E-state index in [0.717, 1.165) is 26.2 Å². The minimum atomic E-state index is -1.54. The minimum Gasteiger partial charge on any atom is -0.394 e. The lowest BCUT2D eigenvalue weighted by Gasteiger charge is -2.32. The van der Waals surface area contributed by atoms with Gasteiger partial charge in [-0.2, -0.15) is 0 Å². The van der Waals surface area contributed by atoms with Gasteiger partial charge in [-0.25, -0.2) is 0 Å². The second-order valence-electron chi connectivity index (χ2n) is 4.35. The first-order chi connectivity index (χ1) is 8.06. The van der Waals surface area contributed by atoms with E-state index >= 15 is 0 Å². The van der Waals surface area contributed by atoms with Gasteiger partial charge in [-0.1, -0.05) is 0 Å². The molecule has 7 nitrogen and oxygen atoms in total. The Kier molecular flexibility index (Phi) is 12.5. The van der Waals surface area contributed by atoms with Crippen LogP contribution in [0.25, 0.3) is 0 Å². The summed E-state index contributed by atoms with van der Waals surface area (Å²) >= 11 is 0. The Bertz CT molecular complexity index is 222. The first-order valence-corrected chi connectivity index (χ1v) is 5.82. The van der Waals surface area contributed by atoms with Gasteiger partial charge in [0.05, 0.1) is 12.7 Å². The number of piperazine rings is 1. The number of hydrogen-bond donors (Lipinski definition) is 6. The molecule has 0 unspecified atom stereocenters. The van der Waals surface area contributed by atoms with E-state index < -0.39 is 31.0 Å². The van der Waals surface area contributed by atoms with Gasteiger partial charge in [-0.3, -0.25) is 4.90 Å². The molecule has 4 atom stereocenters. The smallest absolute Gasteiger partial charge is 0.111 e. The third kappa shape index (κ3) is 7.03. The van der Waals surface area contributed by atoms with E-state index in [-0.39, 0.29) is 31.4 Å². The van der Waals surface area contributed by atoms with Crippen LogP contribution in [0.4, 0.5) is 0 Å². The lowest BCUT2D eigenvalue weighted by atomic mass is 10.0. The number of hydrogen-bond acceptors (Lipinski definition) is 7. The van der Waals surface area contributed by atoms with Crippen LogP contribution < -0.4 is 5.32 Å². The maximum absolute atomic E-state index is 9.72. The number of rotatable bonds is 6. The van der Waals surface area contributed by atoms with Gasteiger partial charge in [0.2, 0.25) is 0 Å². The third-order valence-electron chi connectivity index (χ3n) is 2.98. The van der Waals surface area contributed by atoms with Gasteiger partial charge in [0.15, 0.2) is 0 Å². The second-order valence-corrected chi connectivity index (χ2v) is 4.35. The summed E-state index contributed by atoms with van der Waals surface area (Å²) in [6, 6.07) is 0. The van der Waals surface area contributed by atoms with Crippen LogP contribution in [0, 0.1) is 0 Å². The van der Waals surface area contributed by atoms with E-state index in [1.54, 1.807) is 0 Å².